The van der Waals surface area contributed by atoms with E-state index in [9.17, 15) is 4.39 Å². The third-order valence-electron chi connectivity index (χ3n) is 2.87. The van der Waals surface area contributed by atoms with Gasteiger partial charge in [0, 0.05) is 26.7 Å². The van der Waals surface area contributed by atoms with Gasteiger partial charge >= 0.3 is 0 Å². The Labute approximate surface area is 128 Å². The van der Waals surface area contributed by atoms with Gasteiger partial charge in [0.15, 0.2) is 0 Å². The normalized spacial score (nSPS) is 10.7. The number of rotatable bonds is 2. The van der Waals surface area contributed by atoms with Crippen LogP contribution in [0.4, 0.5) is 10.1 Å². The lowest BCUT2D eigenvalue weighted by Gasteiger charge is -2.00. The Morgan fingerprint density at radius 2 is 1.85 bits per heavy atom. The zero-order valence-electron chi connectivity index (χ0n) is 10.3. The van der Waals surface area contributed by atoms with Crippen molar-refractivity contribution in [2.24, 2.45) is 0 Å². The lowest BCUT2D eigenvalue weighted by molar-refractivity contribution is 0.630. The summed E-state index contributed by atoms with van der Waals surface area (Å²) in [4.78, 5) is 4.50. The summed E-state index contributed by atoms with van der Waals surface area (Å²) in [6.07, 6.45) is 0. The molecule has 2 aromatic carbocycles. The predicted molar refractivity (Wildman–Crippen MR) is 85.1 cm³/mol. The predicted octanol–water partition coefficient (Wildman–Crippen LogP) is 4.96. The van der Waals surface area contributed by atoms with Crippen LogP contribution in [0.2, 0.25) is 0 Å². The minimum Gasteiger partial charge on any atom is -0.399 e. The minimum absolute atomic E-state index is 0.276. The molecule has 3 rings (SSSR count). The highest BCUT2D eigenvalue weighted by molar-refractivity contribution is 9.10. The Bertz CT molecular complexity index is 753. The molecule has 100 valence electrons. The van der Waals surface area contributed by atoms with E-state index in [1.54, 1.807) is 12.1 Å². The summed E-state index contributed by atoms with van der Waals surface area (Å²) in [7, 11) is 0. The van der Waals surface area contributed by atoms with E-state index >= 15 is 0 Å². The zero-order valence-corrected chi connectivity index (χ0v) is 12.7. The molecular formula is C15H10BrFN2S. The Balaban J connectivity index is 2.01. The summed E-state index contributed by atoms with van der Waals surface area (Å²) < 4.78 is 14.7. The summed E-state index contributed by atoms with van der Waals surface area (Å²) in [5, 5.41) is 2.70. The number of benzene rings is 2. The minimum atomic E-state index is -0.276. The Hall–Kier alpha value is -1.72. The molecule has 0 spiro atoms. The summed E-state index contributed by atoms with van der Waals surface area (Å²) in [5.41, 5.74) is 8.49. The summed E-state index contributed by atoms with van der Waals surface area (Å²) in [6, 6.07) is 12.3. The number of hydrogen-bond acceptors (Lipinski definition) is 3. The van der Waals surface area contributed by atoms with E-state index < -0.39 is 0 Å². The maximum absolute atomic E-state index is 13.8. The van der Waals surface area contributed by atoms with Crippen molar-refractivity contribution in [3.05, 3.63) is 58.1 Å². The number of halogens is 2. The number of aromatic nitrogens is 1. The van der Waals surface area contributed by atoms with Gasteiger partial charge in [0.1, 0.15) is 10.8 Å². The van der Waals surface area contributed by atoms with Crippen LogP contribution in [0.5, 0.6) is 0 Å². The molecule has 0 aliphatic heterocycles. The molecule has 1 aromatic heterocycles. The Morgan fingerprint density at radius 3 is 2.60 bits per heavy atom. The van der Waals surface area contributed by atoms with Crippen LogP contribution in [-0.2, 0) is 0 Å². The molecule has 0 aliphatic carbocycles. The van der Waals surface area contributed by atoms with Crippen LogP contribution < -0.4 is 5.73 Å². The number of nitrogens with two attached hydrogens (primary N) is 1. The summed E-state index contributed by atoms with van der Waals surface area (Å²) >= 11 is 4.83. The number of thiazole rings is 1. The summed E-state index contributed by atoms with van der Waals surface area (Å²) in [6.45, 7) is 0. The quantitative estimate of drug-likeness (QED) is 0.664. The standard InChI is InChI=1S/C15H10BrFN2S/c16-10-3-6-13(17)12(7-10)14-8-20-15(19-14)9-1-4-11(18)5-2-9/h1-8H,18H2. The van der Waals surface area contributed by atoms with Crippen molar-refractivity contribution in [1.82, 2.24) is 4.98 Å². The third kappa shape index (κ3) is 2.59. The van der Waals surface area contributed by atoms with Crippen molar-refractivity contribution in [3.8, 4) is 21.8 Å². The van der Waals surface area contributed by atoms with Gasteiger partial charge in [-0.2, -0.15) is 0 Å². The van der Waals surface area contributed by atoms with Crippen molar-refractivity contribution < 1.29 is 4.39 Å². The van der Waals surface area contributed by atoms with Crippen LogP contribution in [0.25, 0.3) is 21.8 Å². The van der Waals surface area contributed by atoms with Crippen LogP contribution in [0, 0.1) is 5.82 Å². The van der Waals surface area contributed by atoms with Gasteiger partial charge < -0.3 is 5.73 Å². The maximum Gasteiger partial charge on any atom is 0.132 e. The molecule has 0 saturated heterocycles. The molecule has 0 amide bonds. The second-order valence-electron chi connectivity index (χ2n) is 4.28. The first-order valence-corrected chi connectivity index (χ1v) is 7.57. The highest BCUT2D eigenvalue weighted by Gasteiger charge is 2.11. The molecule has 20 heavy (non-hydrogen) atoms. The third-order valence-corrected chi connectivity index (χ3v) is 4.25. The Morgan fingerprint density at radius 1 is 1.10 bits per heavy atom. The van der Waals surface area contributed by atoms with Crippen molar-refractivity contribution in [1.29, 1.82) is 0 Å². The van der Waals surface area contributed by atoms with Gasteiger partial charge in [0.25, 0.3) is 0 Å². The molecule has 0 bridgehead atoms. The van der Waals surface area contributed by atoms with Gasteiger partial charge in [0.2, 0.25) is 0 Å². The monoisotopic (exact) mass is 348 g/mol. The molecule has 1 heterocycles. The fourth-order valence-corrected chi connectivity index (χ4v) is 3.04. The average molecular weight is 349 g/mol. The average Bonchev–Trinajstić information content (AvgIpc) is 2.92. The molecule has 0 unspecified atom stereocenters. The molecule has 0 saturated carbocycles. The number of nitrogens with zero attached hydrogens (tertiary/aromatic N) is 1. The van der Waals surface area contributed by atoms with Crippen LogP contribution in [-0.4, -0.2) is 4.98 Å². The van der Waals surface area contributed by atoms with Crippen molar-refractivity contribution in [3.63, 3.8) is 0 Å². The number of anilines is 1. The van der Waals surface area contributed by atoms with Crippen LogP contribution >= 0.6 is 27.3 Å². The molecule has 0 fully saturated rings. The van der Waals surface area contributed by atoms with Crippen molar-refractivity contribution in [2.75, 3.05) is 5.73 Å². The fraction of sp³-hybridized carbons (Fsp3) is 0. The SMILES string of the molecule is Nc1ccc(-c2nc(-c3cc(Br)ccc3F)cs2)cc1. The first-order chi connectivity index (χ1) is 9.63. The van der Waals surface area contributed by atoms with E-state index in [4.69, 9.17) is 5.73 Å². The number of nitrogen functional groups attached to an aromatic ring is 1. The molecule has 5 heteroatoms. The Kier molecular flexibility index (Phi) is 3.54. The maximum atomic E-state index is 13.8. The molecule has 3 aromatic rings. The van der Waals surface area contributed by atoms with E-state index in [1.165, 1.54) is 17.4 Å². The van der Waals surface area contributed by atoms with Crippen molar-refractivity contribution in [2.45, 2.75) is 0 Å². The van der Waals surface area contributed by atoms with Crippen LogP contribution in [0.1, 0.15) is 0 Å². The van der Waals surface area contributed by atoms with Gasteiger partial charge in [-0.05, 0) is 42.5 Å². The lowest BCUT2D eigenvalue weighted by Crippen LogP contribution is -1.86. The highest BCUT2D eigenvalue weighted by atomic mass is 79.9. The van der Waals surface area contributed by atoms with E-state index in [0.717, 1.165) is 15.0 Å². The smallest absolute Gasteiger partial charge is 0.132 e. The topological polar surface area (TPSA) is 38.9 Å². The fourth-order valence-electron chi connectivity index (χ4n) is 1.85. The zero-order chi connectivity index (χ0) is 14.1. The molecule has 2 nitrogen and oxygen atoms in total. The first kappa shape index (κ1) is 13.3. The molecule has 0 atom stereocenters. The lowest BCUT2D eigenvalue weighted by atomic mass is 10.1. The van der Waals surface area contributed by atoms with Crippen LogP contribution in [0.3, 0.4) is 0 Å². The molecule has 2 N–H and O–H groups in total. The largest absolute Gasteiger partial charge is 0.399 e. The van der Waals surface area contributed by atoms with Gasteiger partial charge in [0.05, 0.1) is 5.69 Å². The van der Waals surface area contributed by atoms with E-state index in [1.807, 2.05) is 29.6 Å². The second kappa shape index (κ2) is 5.34. The highest BCUT2D eigenvalue weighted by Crippen LogP contribution is 2.31. The van der Waals surface area contributed by atoms with Gasteiger partial charge in [-0.15, -0.1) is 11.3 Å². The molecule has 0 radical (unpaired) electrons. The summed E-state index contributed by atoms with van der Waals surface area (Å²) in [5.74, 6) is -0.276. The van der Waals surface area contributed by atoms with Crippen molar-refractivity contribution >= 4 is 33.0 Å². The first-order valence-electron chi connectivity index (χ1n) is 5.90. The number of hydrogen-bond donors (Lipinski definition) is 1. The molecular weight excluding hydrogens is 339 g/mol. The van der Waals surface area contributed by atoms with E-state index in [-0.39, 0.29) is 5.82 Å². The van der Waals surface area contributed by atoms with Gasteiger partial charge in [-0.3, -0.25) is 0 Å². The van der Waals surface area contributed by atoms with E-state index in [0.29, 0.717) is 16.9 Å². The van der Waals surface area contributed by atoms with E-state index in [2.05, 4.69) is 20.9 Å². The van der Waals surface area contributed by atoms with Gasteiger partial charge in [-0.1, -0.05) is 15.9 Å². The van der Waals surface area contributed by atoms with Gasteiger partial charge in [-0.25, -0.2) is 9.37 Å². The molecule has 0 aliphatic rings. The second-order valence-corrected chi connectivity index (χ2v) is 6.06. The van der Waals surface area contributed by atoms with Crippen LogP contribution in [0.15, 0.2) is 52.3 Å².